The van der Waals surface area contributed by atoms with Gasteiger partial charge in [-0.2, -0.15) is 4.57 Å². The molecule has 1 heterocycles. The summed E-state index contributed by atoms with van der Waals surface area (Å²) in [5.74, 6) is 0.960. The second-order valence-corrected chi connectivity index (χ2v) is 3.48. The molecule has 0 spiro atoms. The van der Waals surface area contributed by atoms with E-state index >= 15 is 0 Å². The number of hydrogen-bond acceptors (Lipinski definition) is 1. The Morgan fingerprint density at radius 3 is 2.60 bits per heavy atom. The molecule has 0 atom stereocenters. The number of hydrogen-bond donors (Lipinski definition) is 0. The highest BCUT2D eigenvalue weighted by Crippen LogP contribution is 2.10. The Morgan fingerprint density at radius 2 is 2.00 bits per heavy atom. The number of rotatable bonds is 1. The van der Waals surface area contributed by atoms with E-state index in [2.05, 4.69) is 4.99 Å². The van der Waals surface area contributed by atoms with Crippen LogP contribution in [0.25, 0.3) is 0 Å². The minimum atomic E-state index is 0.960. The van der Waals surface area contributed by atoms with Gasteiger partial charge in [-0.1, -0.05) is 18.2 Å². The zero-order valence-electron chi connectivity index (χ0n) is 8.96. The van der Waals surface area contributed by atoms with Gasteiger partial charge >= 0.3 is 0 Å². The van der Waals surface area contributed by atoms with Crippen LogP contribution in [0.2, 0.25) is 0 Å². The fourth-order valence-electron chi connectivity index (χ4n) is 1.39. The maximum absolute atomic E-state index is 4.51. The summed E-state index contributed by atoms with van der Waals surface area (Å²) in [6, 6.07) is 9.95. The van der Waals surface area contributed by atoms with Crippen molar-refractivity contribution < 1.29 is 4.57 Å². The van der Waals surface area contributed by atoms with E-state index in [-0.39, 0.29) is 0 Å². The molecule has 0 N–H and O–H groups in total. The predicted molar refractivity (Wildman–Crippen MR) is 60.2 cm³/mol. The fourth-order valence-corrected chi connectivity index (χ4v) is 1.39. The molecule has 0 aliphatic carbocycles. The summed E-state index contributed by atoms with van der Waals surface area (Å²) in [5.41, 5.74) is 0.978. The molecule has 0 fully saturated rings. The molecular formula is C12H14N3+. The first-order valence-electron chi connectivity index (χ1n) is 4.89. The standard InChI is InChI=1S/C12H14N3/c1-11(15-9-8-14(2)10-15)13-12-6-4-3-5-7-12/h3-10H,1-2H3/q+1. The van der Waals surface area contributed by atoms with E-state index < -0.39 is 0 Å². The van der Waals surface area contributed by atoms with Crippen LogP contribution in [-0.2, 0) is 7.05 Å². The lowest BCUT2D eigenvalue weighted by molar-refractivity contribution is -0.670. The van der Waals surface area contributed by atoms with Crippen molar-refractivity contribution >= 4 is 11.5 Å². The van der Waals surface area contributed by atoms with Gasteiger partial charge in [0, 0.05) is 6.92 Å². The second-order valence-electron chi connectivity index (χ2n) is 3.48. The highest BCUT2D eigenvalue weighted by molar-refractivity contribution is 5.84. The molecule has 0 unspecified atom stereocenters. The lowest BCUT2D eigenvalue weighted by Crippen LogP contribution is -2.24. The van der Waals surface area contributed by atoms with Gasteiger partial charge in [-0.05, 0) is 12.1 Å². The molecule has 1 aromatic carbocycles. The van der Waals surface area contributed by atoms with E-state index in [0.29, 0.717) is 0 Å². The predicted octanol–water partition coefficient (Wildman–Crippen LogP) is 1.91. The van der Waals surface area contributed by atoms with Crippen LogP contribution in [0.15, 0.2) is 54.0 Å². The van der Waals surface area contributed by atoms with E-state index in [1.807, 2.05) is 72.2 Å². The van der Waals surface area contributed by atoms with E-state index in [1.54, 1.807) is 0 Å². The molecule has 0 radical (unpaired) electrons. The monoisotopic (exact) mass is 200 g/mol. The summed E-state index contributed by atoms with van der Waals surface area (Å²) in [5, 5.41) is 0. The first-order chi connectivity index (χ1) is 7.25. The zero-order chi connectivity index (χ0) is 10.7. The van der Waals surface area contributed by atoms with Crippen molar-refractivity contribution in [2.75, 3.05) is 0 Å². The van der Waals surface area contributed by atoms with Crippen LogP contribution in [-0.4, -0.2) is 10.4 Å². The van der Waals surface area contributed by atoms with Crippen LogP contribution in [0.3, 0.4) is 0 Å². The van der Waals surface area contributed by atoms with Crippen molar-refractivity contribution in [3.63, 3.8) is 0 Å². The molecule has 0 saturated heterocycles. The average molecular weight is 200 g/mol. The second kappa shape index (κ2) is 4.09. The zero-order valence-corrected chi connectivity index (χ0v) is 8.96. The highest BCUT2D eigenvalue weighted by Gasteiger charge is 2.03. The maximum atomic E-state index is 4.51. The largest absolute Gasteiger partial charge is 0.249 e. The molecule has 0 amide bonds. The Balaban J connectivity index is 2.28. The minimum absolute atomic E-state index is 0.960. The minimum Gasteiger partial charge on any atom is -0.239 e. The first-order valence-corrected chi connectivity index (χ1v) is 4.89. The summed E-state index contributed by atoms with van der Waals surface area (Å²) < 4.78 is 3.98. The van der Waals surface area contributed by atoms with Gasteiger partial charge in [0.1, 0.15) is 12.4 Å². The molecule has 76 valence electrons. The molecular weight excluding hydrogens is 186 g/mol. The van der Waals surface area contributed by atoms with Gasteiger partial charge in [0.05, 0.1) is 12.7 Å². The maximum Gasteiger partial charge on any atom is 0.249 e. The van der Waals surface area contributed by atoms with Gasteiger partial charge in [-0.25, -0.2) is 9.56 Å². The average Bonchev–Trinajstić information content (AvgIpc) is 2.66. The van der Waals surface area contributed by atoms with E-state index in [1.165, 1.54) is 0 Å². The van der Waals surface area contributed by atoms with Crippen LogP contribution >= 0.6 is 0 Å². The number of para-hydroxylation sites is 1. The van der Waals surface area contributed by atoms with Gasteiger partial charge in [-0.15, -0.1) is 0 Å². The Kier molecular flexibility index (Phi) is 2.63. The number of aliphatic imine (C=N–C) groups is 1. The van der Waals surface area contributed by atoms with Crippen molar-refractivity contribution in [3.05, 3.63) is 49.1 Å². The highest BCUT2D eigenvalue weighted by atomic mass is 15.1. The molecule has 0 aliphatic heterocycles. The molecule has 0 aliphatic rings. The third-order valence-electron chi connectivity index (χ3n) is 2.19. The number of nitrogens with zero attached hydrogens (tertiary/aromatic N) is 3. The van der Waals surface area contributed by atoms with Gasteiger partial charge in [0.2, 0.25) is 6.33 Å². The molecule has 2 rings (SSSR count). The Hall–Kier alpha value is -1.90. The molecule has 3 nitrogen and oxygen atoms in total. The quantitative estimate of drug-likeness (QED) is 0.381. The number of aromatic nitrogens is 2. The van der Waals surface area contributed by atoms with E-state index in [9.17, 15) is 0 Å². The third kappa shape index (κ3) is 2.31. The molecule has 1 aromatic heterocycles. The summed E-state index contributed by atoms with van der Waals surface area (Å²) in [7, 11) is 1.99. The summed E-state index contributed by atoms with van der Waals surface area (Å²) in [6.45, 7) is 1.99. The Bertz CT molecular complexity index is 469. The SMILES string of the molecule is CC(=Nc1ccccc1)n1cc[n+](C)c1. The fraction of sp³-hybridized carbons (Fsp3) is 0.167. The van der Waals surface area contributed by atoms with Crippen molar-refractivity contribution in [3.8, 4) is 0 Å². The van der Waals surface area contributed by atoms with Gasteiger partial charge in [0.25, 0.3) is 0 Å². The number of imidazole rings is 1. The van der Waals surface area contributed by atoms with E-state index in [4.69, 9.17) is 0 Å². The molecule has 0 bridgehead atoms. The molecule has 15 heavy (non-hydrogen) atoms. The third-order valence-corrected chi connectivity index (χ3v) is 2.19. The lowest BCUT2D eigenvalue weighted by Gasteiger charge is -1.95. The van der Waals surface area contributed by atoms with Crippen molar-refractivity contribution in [1.29, 1.82) is 0 Å². The van der Waals surface area contributed by atoms with Gasteiger partial charge < -0.3 is 0 Å². The molecule has 0 saturated carbocycles. The number of benzene rings is 1. The van der Waals surface area contributed by atoms with Crippen LogP contribution in [0.5, 0.6) is 0 Å². The van der Waals surface area contributed by atoms with Crippen molar-refractivity contribution in [2.24, 2.45) is 12.0 Å². The summed E-state index contributed by atoms with van der Waals surface area (Å²) >= 11 is 0. The van der Waals surface area contributed by atoms with Crippen LogP contribution in [0.4, 0.5) is 5.69 Å². The Labute approximate surface area is 89.3 Å². The van der Waals surface area contributed by atoms with Crippen LogP contribution in [0, 0.1) is 0 Å². The first kappa shape index (κ1) is 9.65. The lowest BCUT2D eigenvalue weighted by atomic mass is 10.3. The smallest absolute Gasteiger partial charge is 0.239 e. The van der Waals surface area contributed by atoms with Crippen LogP contribution in [0.1, 0.15) is 6.92 Å². The topological polar surface area (TPSA) is 21.2 Å². The van der Waals surface area contributed by atoms with Crippen LogP contribution < -0.4 is 4.57 Å². The Morgan fingerprint density at radius 1 is 1.27 bits per heavy atom. The van der Waals surface area contributed by atoms with Crippen molar-refractivity contribution in [2.45, 2.75) is 6.92 Å². The van der Waals surface area contributed by atoms with Crippen molar-refractivity contribution in [1.82, 2.24) is 4.57 Å². The normalized spacial score (nSPS) is 11.7. The molecule has 3 heteroatoms. The number of aryl methyl sites for hydroxylation is 1. The van der Waals surface area contributed by atoms with Gasteiger partial charge in [0.15, 0.2) is 5.84 Å². The summed E-state index contributed by atoms with van der Waals surface area (Å²) in [6.07, 6.45) is 5.97. The van der Waals surface area contributed by atoms with Gasteiger partial charge in [-0.3, -0.25) is 0 Å². The van der Waals surface area contributed by atoms with E-state index in [0.717, 1.165) is 11.5 Å². The molecule has 2 aromatic rings. The summed E-state index contributed by atoms with van der Waals surface area (Å²) in [4.78, 5) is 4.51.